The minimum absolute atomic E-state index is 0.00899. The molecule has 0 aliphatic heterocycles. The van der Waals surface area contributed by atoms with Crippen LogP contribution in [0.5, 0.6) is 0 Å². The van der Waals surface area contributed by atoms with Crippen molar-refractivity contribution >= 4 is 13.7 Å². The minimum Gasteiger partial charge on any atom is -0.756 e. The maximum atomic E-state index is 13.1. The van der Waals surface area contributed by atoms with E-state index in [0.717, 1.165) is 57.8 Å². The van der Waals surface area contributed by atoms with Crippen LogP contribution in [0.3, 0.4) is 0 Å². The molecule has 90 heavy (non-hydrogen) atoms. The quantitative estimate of drug-likeness (QED) is 0.0272. The molecule has 0 saturated carbocycles. The number of rotatable bonds is 73. The summed E-state index contributed by atoms with van der Waals surface area (Å²) < 4.78 is 23.5. The van der Waals surface area contributed by atoms with Gasteiger partial charge in [-0.3, -0.25) is 9.36 Å². The van der Waals surface area contributed by atoms with E-state index in [1.807, 2.05) is 27.2 Å². The van der Waals surface area contributed by atoms with Gasteiger partial charge in [-0.2, -0.15) is 0 Å². The molecule has 1 amide bonds. The van der Waals surface area contributed by atoms with Crippen LogP contribution in [0.4, 0.5) is 0 Å². The average Bonchev–Trinajstić information content (AvgIpc) is 3.72. The lowest BCUT2D eigenvalue weighted by atomic mass is 10.0. The highest BCUT2D eigenvalue weighted by Gasteiger charge is 2.23. The summed E-state index contributed by atoms with van der Waals surface area (Å²) in [6.45, 7) is 4.66. The van der Waals surface area contributed by atoms with Crippen LogP contribution in [0.1, 0.15) is 386 Å². The topological polar surface area (TPSA) is 108 Å². The van der Waals surface area contributed by atoms with Crippen molar-refractivity contribution in [2.75, 3.05) is 40.9 Å². The molecule has 8 nitrogen and oxygen atoms in total. The van der Waals surface area contributed by atoms with Gasteiger partial charge in [0.15, 0.2) is 0 Å². The molecule has 0 rings (SSSR count). The van der Waals surface area contributed by atoms with Crippen LogP contribution in [0.2, 0.25) is 0 Å². The van der Waals surface area contributed by atoms with Gasteiger partial charge in [-0.25, -0.2) is 0 Å². The number of unbranched alkanes of at least 4 members (excludes halogenated alkanes) is 50. The van der Waals surface area contributed by atoms with Crippen molar-refractivity contribution in [2.45, 2.75) is 398 Å². The molecule has 0 aromatic carbocycles. The first-order valence-electron chi connectivity index (χ1n) is 39.3. The van der Waals surface area contributed by atoms with Crippen LogP contribution in [-0.2, 0) is 18.4 Å². The molecule has 0 aliphatic rings. The summed E-state index contributed by atoms with van der Waals surface area (Å²) in [5.41, 5.74) is 0. The van der Waals surface area contributed by atoms with Crippen LogP contribution in [-0.4, -0.2) is 68.5 Å². The molecule has 0 saturated heterocycles. The maximum Gasteiger partial charge on any atom is 0.268 e. The number of hydrogen-bond acceptors (Lipinski definition) is 6. The second-order valence-electron chi connectivity index (χ2n) is 28.0. The molecule has 0 bridgehead atoms. The number of aliphatic hydroxyl groups excluding tert-OH is 1. The molecule has 0 aromatic rings. The fraction of sp³-hybridized carbons (Fsp3) is 0.840. The molecule has 0 heterocycles. The van der Waals surface area contributed by atoms with Crippen LogP contribution < -0.4 is 10.2 Å². The number of likely N-dealkylation sites (N-methyl/N-ethyl adjacent to an activating group) is 1. The standard InChI is InChI=1S/C81H153N2O6P/c1-6-8-10-12-14-16-18-20-22-24-26-28-30-32-34-36-37-38-39-40-41-42-43-44-45-47-49-51-53-55-57-59-61-63-65-67-69-71-73-75-81(85)82-79(78-89-90(86,87)88-77-76-83(3,4)5)80(84)74-72-70-68-66-64-62-60-58-56-54-52-50-48-46-35-33-31-29-27-25-23-21-19-17-15-13-11-9-7-2/h18,20,24,26,30,32,56,58,64,66,72,74,79-80,84H,6-17,19,21-23,25,27-29,31,33-55,57,59-63,65,67-71,73,75-78H2,1-5H3,(H-,82,85,86,87)/b20-18-,26-24-,32-30-,58-56+,66-64+,74-72+. The summed E-state index contributed by atoms with van der Waals surface area (Å²) in [5.74, 6) is -0.205. The number of quaternary nitrogens is 1. The van der Waals surface area contributed by atoms with Gasteiger partial charge in [0.25, 0.3) is 7.82 Å². The van der Waals surface area contributed by atoms with Crippen molar-refractivity contribution < 1.29 is 32.9 Å². The first-order valence-corrected chi connectivity index (χ1v) is 40.8. The van der Waals surface area contributed by atoms with Crippen molar-refractivity contribution in [1.29, 1.82) is 0 Å². The number of amides is 1. The zero-order chi connectivity index (χ0) is 65.5. The zero-order valence-corrected chi connectivity index (χ0v) is 61.5. The highest BCUT2D eigenvalue weighted by Crippen LogP contribution is 2.38. The number of phosphoric ester groups is 1. The largest absolute Gasteiger partial charge is 0.756 e. The third-order valence-corrected chi connectivity index (χ3v) is 18.8. The lowest BCUT2D eigenvalue weighted by molar-refractivity contribution is -0.870. The van der Waals surface area contributed by atoms with Gasteiger partial charge in [-0.05, 0) is 83.5 Å². The Hall–Kier alpha value is -2.06. The molecule has 9 heteroatoms. The number of nitrogens with zero attached hydrogens (tertiary/aromatic N) is 1. The maximum absolute atomic E-state index is 13.1. The molecule has 0 aliphatic carbocycles. The summed E-state index contributed by atoms with van der Waals surface area (Å²) in [7, 11) is 1.25. The SMILES string of the molecule is CCCCCCC/C=C\C/C=C\C/C=C\CCCCCCCCCCCCCCCCCCCCCCCCCCC(=O)NC(COP(=O)([O-])OCC[N+](C)(C)C)C(O)/C=C/CC/C=C/CC/C=C/CCCCCCCCCCCCCCCCCCCCC. The van der Waals surface area contributed by atoms with Gasteiger partial charge in [-0.15, -0.1) is 0 Å². The smallest absolute Gasteiger partial charge is 0.268 e. The Morgan fingerprint density at radius 2 is 0.656 bits per heavy atom. The molecule has 0 spiro atoms. The van der Waals surface area contributed by atoms with E-state index in [2.05, 4.69) is 79.9 Å². The second-order valence-corrected chi connectivity index (χ2v) is 29.5. The normalized spacial score (nSPS) is 13.9. The van der Waals surface area contributed by atoms with Gasteiger partial charge in [0.1, 0.15) is 13.2 Å². The summed E-state index contributed by atoms with van der Waals surface area (Å²) in [6.07, 6.45) is 101. The first-order chi connectivity index (χ1) is 44.0. The van der Waals surface area contributed by atoms with Crippen LogP contribution in [0.25, 0.3) is 0 Å². The van der Waals surface area contributed by atoms with Gasteiger partial charge in [0.2, 0.25) is 5.91 Å². The fourth-order valence-electron chi connectivity index (χ4n) is 11.8. The number of aliphatic hydroxyl groups is 1. The van der Waals surface area contributed by atoms with Gasteiger partial charge in [-0.1, -0.05) is 369 Å². The minimum atomic E-state index is -4.62. The van der Waals surface area contributed by atoms with E-state index < -0.39 is 26.6 Å². The van der Waals surface area contributed by atoms with Crippen LogP contribution >= 0.6 is 7.82 Å². The first kappa shape index (κ1) is 87.9. The van der Waals surface area contributed by atoms with Crippen molar-refractivity contribution in [3.63, 3.8) is 0 Å². The Labute approximate surface area is 561 Å². The van der Waals surface area contributed by atoms with E-state index in [9.17, 15) is 19.4 Å². The molecular weight excluding hydrogens is 1130 g/mol. The zero-order valence-electron chi connectivity index (χ0n) is 60.6. The molecule has 0 fully saturated rings. The number of nitrogens with one attached hydrogen (secondary N) is 1. The molecule has 3 atom stereocenters. The lowest BCUT2D eigenvalue weighted by Crippen LogP contribution is -2.45. The van der Waals surface area contributed by atoms with E-state index in [1.165, 1.54) is 308 Å². The molecule has 0 radical (unpaired) electrons. The van der Waals surface area contributed by atoms with E-state index in [0.29, 0.717) is 17.4 Å². The Balaban J connectivity index is 4.00. The molecule has 528 valence electrons. The van der Waals surface area contributed by atoms with Crippen LogP contribution in [0, 0.1) is 0 Å². The van der Waals surface area contributed by atoms with Crippen molar-refractivity contribution in [1.82, 2.24) is 5.32 Å². The summed E-state index contributed by atoms with van der Waals surface area (Å²) >= 11 is 0. The molecule has 3 unspecified atom stereocenters. The predicted molar refractivity (Wildman–Crippen MR) is 394 cm³/mol. The van der Waals surface area contributed by atoms with Gasteiger partial charge < -0.3 is 28.8 Å². The van der Waals surface area contributed by atoms with Gasteiger partial charge in [0.05, 0.1) is 39.9 Å². The number of hydrogen-bond donors (Lipinski definition) is 2. The Morgan fingerprint density at radius 1 is 0.389 bits per heavy atom. The fourth-order valence-corrected chi connectivity index (χ4v) is 12.5. The number of allylic oxidation sites excluding steroid dienone is 11. The Morgan fingerprint density at radius 3 is 0.978 bits per heavy atom. The van der Waals surface area contributed by atoms with E-state index in [-0.39, 0.29) is 12.5 Å². The molecule has 2 N–H and O–H groups in total. The molecule has 0 aromatic heterocycles. The van der Waals surface area contributed by atoms with Crippen LogP contribution in [0.15, 0.2) is 72.9 Å². The van der Waals surface area contributed by atoms with Gasteiger partial charge in [0, 0.05) is 6.42 Å². The summed E-state index contributed by atoms with van der Waals surface area (Å²) in [6, 6.07) is -0.913. The van der Waals surface area contributed by atoms with Crippen molar-refractivity contribution in [2.24, 2.45) is 0 Å². The second kappa shape index (κ2) is 71.2. The Kier molecular flexibility index (Phi) is 69.6. The van der Waals surface area contributed by atoms with E-state index >= 15 is 0 Å². The average molecular weight is 1280 g/mol. The van der Waals surface area contributed by atoms with E-state index in [4.69, 9.17) is 9.05 Å². The number of carbonyl (C=O) groups is 1. The van der Waals surface area contributed by atoms with Gasteiger partial charge >= 0.3 is 0 Å². The predicted octanol–water partition coefficient (Wildman–Crippen LogP) is 25.0. The number of carbonyl (C=O) groups excluding carboxylic acids is 1. The summed E-state index contributed by atoms with van der Waals surface area (Å²) in [5, 5.41) is 14.0. The molecular formula is C81H153N2O6P. The highest BCUT2D eigenvalue weighted by atomic mass is 31.2. The van der Waals surface area contributed by atoms with Crippen molar-refractivity contribution in [3.8, 4) is 0 Å². The third kappa shape index (κ3) is 73.4. The van der Waals surface area contributed by atoms with E-state index in [1.54, 1.807) is 6.08 Å². The lowest BCUT2D eigenvalue weighted by Gasteiger charge is -2.29. The Bertz CT molecular complexity index is 1700. The number of phosphoric acid groups is 1. The third-order valence-electron chi connectivity index (χ3n) is 17.9. The van der Waals surface area contributed by atoms with Crippen molar-refractivity contribution in [3.05, 3.63) is 72.9 Å². The highest BCUT2D eigenvalue weighted by molar-refractivity contribution is 7.45. The monoisotopic (exact) mass is 1280 g/mol. The summed E-state index contributed by atoms with van der Waals surface area (Å²) in [4.78, 5) is 25.7.